The number of aliphatic carboxylic acids is 1. The van der Waals surface area contributed by atoms with Crippen LogP contribution in [-0.4, -0.2) is 33.8 Å². The first kappa shape index (κ1) is 20.9. The van der Waals surface area contributed by atoms with Gasteiger partial charge in [-0.05, 0) is 17.7 Å². The quantitative estimate of drug-likeness (QED) is 0.439. The van der Waals surface area contributed by atoms with Crippen LogP contribution in [0.5, 0.6) is 0 Å². The number of ketones is 1. The molecule has 0 bridgehead atoms. The third kappa shape index (κ3) is 4.70. The molecule has 2 N–H and O–H groups in total. The maximum absolute atomic E-state index is 12.6. The molecule has 0 aliphatic rings. The third-order valence-electron chi connectivity index (χ3n) is 5.15. The van der Waals surface area contributed by atoms with Crippen LogP contribution in [0.25, 0.3) is 10.9 Å². The second-order valence-corrected chi connectivity index (χ2v) is 7.38. The largest absolute Gasteiger partial charge is 0.480 e. The molecule has 0 aliphatic carbocycles. The number of para-hydroxylation sites is 1. The van der Waals surface area contributed by atoms with Crippen LogP contribution in [-0.2, 0) is 11.2 Å². The summed E-state index contributed by atoms with van der Waals surface area (Å²) >= 11 is 0. The van der Waals surface area contributed by atoms with Crippen LogP contribution in [0.4, 0.5) is 0 Å². The van der Waals surface area contributed by atoms with E-state index in [1.165, 1.54) is 6.20 Å². The van der Waals surface area contributed by atoms with E-state index < -0.39 is 17.9 Å². The Labute approximate surface area is 184 Å². The number of pyridine rings is 1. The summed E-state index contributed by atoms with van der Waals surface area (Å²) in [6, 6.07) is 23.6. The summed E-state index contributed by atoms with van der Waals surface area (Å²) < 4.78 is 0. The summed E-state index contributed by atoms with van der Waals surface area (Å²) in [6.45, 7) is 0. The number of carboxylic acids is 1. The van der Waals surface area contributed by atoms with E-state index in [9.17, 15) is 19.5 Å². The first-order chi connectivity index (χ1) is 15.5. The van der Waals surface area contributed by atoms with E-state index in [0.29, 0.717) is 22.3 Å². The van der Waals surface area contributed by atoms with Crippen molar-refractivity contribution in [2.24, 2.45) is 0 Å². The Kier molecular flexibility index (Phi) is 6.03. The average molecular weight is 424 g/mol. The van der Waals surface area contributed by atoms with E-state index in [1.54, 1.807) is 54.6 Å². The van der Waals surface area contributed by atoms with Crippen molar-refractivity contribution in [2.75, 3.05) is 0 Å². The second-order valence-electron chi connectivity index (χ2n) is 7.38. The highest BCUT2D eigenvalue weighted by molar-refractivity contribution is 6.09. The van der Waals surface area contributed by atoms with Gasteiger partial charge in [0.2, 0.25) is 0 Å². The van der Waals surface area contributed by atoms with E-state index in [2.05, 4.69) is 10.3 Å². The number of nitrogens with zero attached hydrogens (tertiary/aromatic N) is 1. The van der Waals surface area contributed by atoms with Crippen LogP contribution in [0.3, 0.4) is 0 Å². The molecule has 6 nitrogen and oxygen atoms in total. The molecule has 0 radical (unpaired) electrons. The molecular formula is C26H20N2O4. The molecule has 32 heavy (non-hydrogen) atoms. The lowest BCUT2D eigenvalue weighted by Crippen LogP contribution is -2.42. The number of carboxylic acid groups (broad SMARTS) is 1. The minimum Gasteiger partial charge on any atom is -0.480 e. The van der Waals surface area contributed by atoms with Crippen molar-refractivity contribution < 1.29 is 19.5 Å². The molecule has 1 amide bonds. The number of amides is 1. The predicted molar refractivity (Wildman–Crippen MR) is 121 cm³/mol. The molecule has 3 aromatic carbocycles. The van der Waals surface area contributed by atoms with Gasteiger partial charge in [0.25, 0.3) is 5.91 Å². The number of aromatic nitrogens is 1. The van der Waals surface area contributed by atoms with Gasteiger partial charge < -0.3 is 10.4 Å². The van der Waals surface area contributed by atoms with Crippen molar-refractivity contribution in [3.63, 3.8) is 0 Å². The summed E-state index contributed by atoms with van der Waals surface area (Å²) in [5, 5.41) is 13.0. The molecule has 0 aliphatic heterocycles. The molecule has 0 unspecified atom stereocenters. The molecule has 0 spiro atoms. The lowest BCUT2D eigenvalue weighted by atomic mass is 9.99. The van der Waals surface area contributed by atoms with Gasteiger partial charge in [-0.2, -0.15) is 0 Å². The van der Waals surface area contributed by atoms with Crippen molar-refractivity contribution in [1.82, 2.24) is 10.3 Å². The van der Waals surface area contributed by atoms with E-state index >= 15 is 0 Å². The van der Waals surface area contributed by atoms with Crippen LogP contribution in [0.2, 0.25) is 0 Å². The zero-order valence-electron chi connectivity index (χ0n) is 17.1. The summed E-state index contributed by atoms with van der Waals surface area (Å²) in [4.78, 5) is 41.2. The Balaban J connectivity index is 1.46. The maximum Gasteiger partial charge on any atom is 0.326 e. The van der Waals surface area contributed by atoms with Crippen LogP contribution in [0.1, 0.15) is 31.8 Å². The minimum absolute atomic E-state index is 0.0852. The molecule has 0 fully saturated rings. The molecule has 0 saturated carbocycles. The molecule has 0 saturated heterocycles. The number of carbonyl (C=O) groups excluding carboxylic acids is 2. The lowest BCUT2D eigenvalue weighted by molar-refractivity contribution is -0.139. The average Bonchev–Trinajstić information content (AvgIpc) is 2.83. The van der Waals surface area contributed by atoms with Gasteiger partial charge >= 0.3 is 5.97 Å². The molecule has 4 aromatic rings. The van der Waals surface area contributed by atoms with E-state index in [1.807, 2.05) is 30.3 Å². The number of hydrogen-bond donors (Lipinski definition) is 2. The van der Waals surface area contributed by atoms with Crippen LogP contribution < -0.4 is 5.32 Å². The fourth-order valence-electron chi connectivity index (χ4n) is 3.42. The fraction of sp³-hybridized carbons (Fsp3) is 0.0769. The Morgan fingerprint density at radius 1 is 0.812 bits per heavy atom. The predicted octanol–water partition coefficient (Wildman–Crippen LogP) is 3.89. The first-order valence-corrected chi connectivity index (χ1v) is 10.1. The molecule has 6 heteroatoms. The Bertz CT molecular complexity index is 1280. The van der Waals surface area contributed by atoms with Gasteiger partial charge in [0.15, 0.2) is 5.78 Å². The van der Waals surface area contributed by atoms with Gasteiger partial charge in [-0.25, -0.2) is 4.79 Å². The number of hydrogen-bond acceptors (Lipinski definition) is 4. The molecule has 4 rings (SSSR count). The second kappa shape index (κ2) is 9.22. The summed E-state index contributed by atoms with van der Waals surface area (Å²) in [7, 11) is 0. The van der Waals surface area contributed by atoms with Crippen LogP contribution >= 0.6 is 0 Å². The van der Waals surface area contributed by atoms with Gasteiger partial charge in [-0.15, -0.1) is 0 Å². The summed E-state index contributed by atoms with van der Waals surface area (Å²) in [5.74, 6) is -1.76. The van der Waals surface area contributed by atoms with Gasteiger partial charge in [0.05, 0.1) is 11.1 Å². The van der Waals surface area contributed by atoms with E-state index in [4.69, 9.17) is 0 Å². The number of nitrogens with one attached hydrogen (secondary N) is 1. The van der Waals surface area contributed by atoms with Gasteiger partial charge in [-0.3, -0.25) is 14.6 Å². The zero-order valence-corrected chi connectivity index (χ0v) is 17.1. The summed E-state index contributed by atoms with van der Waals surface area (Å²) in [6.07, 6.45) is 1.52. The van der Waals surface area contributed by atoms with Crippen molar-refractivity contribution in [3.05, 3.63) is 113 Å². The first-order valence-electron chi connectivity index (χ1n) is 10.1. The zero-order chi connectivity index (χ0) is 22.5. The lowest BCUT2D eigenvalue weighted by Gasteiger charge is -2.15. The van der Waals surface area contributed by atoms with Crippen molar-refractivity contribution in [2.45, 2.75) is 12.5 Å². The molecule has 1 atom stereocenters. The third-order valence-corrected chi connectivity index (χ3v) is 5.15. The fourth-order valence-corrected chi connectivity index (χ4v) is 3.42. The molecule has 1 aromatic heterocycles. The van der Waals surface area contributed by atoms with E-state index in [-0.39, 0.29) is 12.2 Å². The highest BCUT2D eigenvalue weighted by atomic mass is 16.4. The Morgan fingerprint density at radius 3 is 2.19 bits per heavy atom. The van der Waals surface area contributed by atoms with Crippen molar-refractivity contribution >= 4 is 28.6 Å². The smallest absolute Gasteiger partial charge is 0.326 e. The maximum atomic E-state index is 12.6. The van der Waals surface area contributed by atoms with Crippen LogP contribution in [0.15, 0.2) is 91.1 Å². The van der Waals surface area contributed by atoms with E-state index in [0.717, 1.165) is 10.9 Å². The highest BCUT2D eigenvalue weighted by Crippen LogP contribution is 2.15. The number of benzene rings is 3. The standard InChI is InChI=1S/C26H20N2O4/c29-24(18-6-2-1-3-7-18)19-12-10-17(11-13-19)14-23(26(31)32)28-25(30)21-15-20-8-4-5-9-22(20)27-16-21/h1-13,15-16,23H,14H2,(H,28,30)(H,31,32)/t23-/m1/s1. The van der Waals surface area contributed by atoms with Crippen molar-refractivity contribution in [1.29, 1.82) is 0 Å². The topological polar surface area (TPSA) is 96.4 Å². The normalized spacial score (nSPS) is 11.6. The molecule has 1 heterocycles. The molecule has 158 valence electrons. The minimum atomic E-state index is -1.14. The van der Waals surface area contributed by atoms with Gasteiger partial charge in [0.1, 0.15) is 6.04 Å². The SMILES string of the molecule is O=C(N[C@H](Cc1ccc(C(=O)c2ccccc2)cc1)C(=O)O)c1cnc2ccccc2c1. The Hall–Kier alpha value is -4.32. The number of rotatable bonds is 7. The van der Waals surface area contributed by atoms with Gasteiger partial charge in [-0.1, -0.05) is 72.8 Å². The summed E-state index contributed by atoms with van der Waals surface area (Å²) in [5.41, 5.74) is 2.83. The van der Waals surface area contributed by atoms with Crippen molar-refractivity contribution in [3.8, 4) is 0 Å². The Morgan fingerprint density at radius 2 is 1.47 bits per heavy atom. The molecular weight excluding hydrogens is 404 g/mol. The van der Waals surface area contributed by atoms with Gasteiger partial charge in [0, 0.05) is 29.1 Å². The highest BCUT2D eigenvalue weighted by Gasteiger charge is 2.22. The number of carbonyl (C=O) groups is 3. The monoisotopic (exact) mass is 424 g/mol. The number of fused-ring (bicyclic) bond motifs is 1. The van der Waals surface area contributed by atoms with Crippen LogP contribution in [0, 0.1) is 0 Å².